The Hall–Kier alpha value is 0.270. The van der Waals surface area contributed by atoms with Gasteiger partial charge in [0.25, 0.3) is 0 Å². The van der Waals surface area contributed by atoms with Crippen molar-refractivity contribution in [2.45, 2.75) is 69.8 Å². The van der Waals surface area contributed by atoms with Gasteiger partial charge in [-0.05, 0) is 38.4 Å². The maximum Gasteiger partial charge on any atom is 0.0221 e. The van der Waals surface area contributed by atoms with E-state index in [0.717, 1.165) is 23.3 Å². The SMILES string of the molecule is CCC(C)C1CN(C2CCC(SC)C2)C(C)CN1. The van der Waals surface area contributed by atoms with Gasteiger partial charge in [-0.1, -0.05) is 20.3 Å². The van der Waals surface area contributed by atoms with E-state index in [4.69, 9.17) is 0 Å². The first-order chi connectivity index (χ1) is 8.65. The normalized spacial score (nSPS) is 40.0. The molecular formula is C15H30N2S. The summed E-state index contributed by atoms with van der Waals surface area (Å²) in [5.74, 6) is 0.803. The lowest BCUT2D eigenvalue weighted by Gasteiger charge is -2.44. The smallest absolute Gasteiger partial charge is 0.0221 e. The average molecular weight is 270 g/mol. The summed E-state index contributed by atoms with van der Waals surface area (Å²) in [5, 5.41) is 4.67. The van der Waals surface area contributed by atoms with E-state index in [-0.39, 0.29) is 0 Å². The number of rotatable bonds is 4. The molecule has 106 valence electrons. The minimum Gasteiger partial charge on any atom is -0.311 e. The summed E-state index contributed by atoms with van der Waals surface area (Å²) >= 11 is 2.07. The highest BCUT2D eigenvalue weighted by atomic mass is 32.2. The Labute approximate surface area is 117 Å². The third kappa shape index (κ3) is 3.23. The highest BCUT2D eigenvalue weighted by molar-refractivity contribution is 7.99. The van der Waals surface area contributed by atoms with Crippen LogP contribution in [0.1, 0.15) is 46.5 Å². The number of nitrogens with one attached hydrogen (secondary N) is 1. The van der Waals surface area contributed by atoms with Gasteiger partial charge < -0.3 is 5.32 Å². The maximum atomic E-state index is 3.75. The first-order valence-corrected chi connectivity index (χ1v) is 8.96. The van der Waals surface area contributed by atoms with Gasteiger partial charge in [0.1, 0.15) is 0 Å². The molecule has 0 aromatic carbocycles. The van der Waals surface area contributed by atoms with Gasteiger partial charge in [0.2, 0.25) is 0 Å². The van der Waals surface area contributed by atoms with Crippen LogP contribution in [0.5, 0.6) is 0 Å². The van der Waals surface area contributed by atoms with Crippen molar-refractivity contribution < 1.29 is 0 Å². The Bertz CT molecular complexity index is 259. The Balaban J connectivity index is 1.93. The second-order valence-corrected chi connectivity index (χ2v) is 7.41. The highest BCUT2D eigenvalue weighted by Crippen LogP contribution is 2.33. The molecule has 1 aliphatic heterocycles. The largest absolute Gasteiger partial charge is 0.311 e. The molecule has 3 heteroatoms. The second kappa shape index (κ2) is 6.62. The van der Waals surface area contributed by atoms with Gasteiger partial charge in [0.05, 0.1) is 0 Å². The summed E-state index contributed by atoms with van der Waals surface area (Å²) in [6, 6.07) is 2.28. The number of hydrogen-bond acceptors (Lipinski definition) is 3. The molecule has 18 heavy (non-hydrogen) atoms. The summed E-state index contributed by atoms with van der Waals surface area (Å²) in [6.07, 6.45) is 7.83. The molecular weight excluding hydrogens is 240 g/mol. The van der Waals surface area contributed by atoms with Crippen molar-refractivity contribution >= 4 is 11.8 Å². The van der Waals surface area contributed by atoms with E-state index in [1.165, 1.54) is 38.8 Å². The van der Waals surface area contributed by atoms with E-state index in [1.807, 2.05) is 0 Å². The zero-order valence-corrected chi connectivity index (χ0v) is 13.3. The molecule has 1 N–H and O–H groups in total. The molecule has 2 fully saturated rings. The van der Waals surface area contributed by atoms with Crippen molar-refractivity contribution in [2.24, 2.45) is 5.92 Å². The van der Waals surface area contributed by atoms with E-state index in [0.29, 0.717) is 6.04 Å². The standard InChI is InChI=1S/C15H30N2S/c1-5-11(2)15-10-17(12(3)9-16-15)13-6-7-14(8-13)18-4/h11-16H,5-10H2,1-4H3. The molecule has 2 nitrogen and oxygen atoms in total. The topological polar surface area (TPSA) is 15.3 Å². The van der Waals surface area contributed by atoms with Crippen molar-refractivity contribution in [2.75, 3.05) is 19.3 Å². The molecule has 1 aliphatic carbocycles. The Kier molecular flexibility index (Phi) is 5.40. The lowest BCUT2D eigenvalue weighted by Crippen LogP contribution is -2.59. The predicted octanol–water partition coefficient (Wildman–Crippen LogP) is 2.98. The van der Waals surface area contributed by atoms with Crippen LogP contribution in [0.2, 0.25) is 0 Å². The number of thioether (sulfide) groups is 1. The van der Waals surface area contributed by atoms with Crippen molar-refractivity contribution in [1.29, 1.82) is 0 Å². The second-order valence-electron chi connectivity index (χ2n) is 6.27. The quantitative estimate of drug-likeness (QED) is 0.845. The van der Waals surface area contributed by atoms with Crippen molar-refractivity contribution in [3.63, 3.8) is 0 Å². The zero-order valence-electron chi connectivity index (χ0n) is 12.5. The summed E-state index contributed by atoms with van der Waals surface area (Å²) in [4.78, 5) is 2.81. The van der Waals surface area contributed by atoms with Crippen LogP contribution < -0.4 is 5.32 Å². The maximum absolute atomic E-state index is 3.75. The molecule has 5 unspecified atom stereocenters. The lowest BCUT2D eigenvalue weighted by atomic mass is 9.94. The summed E-state index contributed by atoms with van der Waals surface area (Å²) in [6.45, 7) is 9.54. The van der Waals surface area contributed by atoms with Gasteiger partial charge in [0, 0.05) is 36.5 Å². The van der Waals surface area contributed by atoms with Crippen molar-refractivity contribution in [3.05, 3.63) is 0 Å². The molecule has 2 rings (SSSR count). The minimum absolute atomic E-state index is 0.708. The van der Waals surface area contributed by atoms with E-state index in [1.54, 1.807) is 0 Å². The van der Waals surface area contributed by atoms with Crippen LogP contribution in [0.25, 0.3) is 0 Å². The van der Waals surface area contributed by atoms with E-state index in [9.17, 15) is 0 Å². The van der Waals surface area contributed by atoms with Gasteiger partial charge in [0.15, 0.2) is 0 Å². The number of hydrogen-bond donors (Lipinski definition) is 1. The molecule has 0 amide bonds. The third-order valence-corrected chi connectivity index (χ3v) is 6.23. The van der Waals surface area contributed by atoms with Crippen LogP contribution in [-0.2, 0) is 0 Å². The fourth-order valence-electron chi connectivity index (χ4n) is 3.52. The molecule has 0 radical (unpaired) electrons. The molecule has 1 saturated carbocycles. The Morgan fingerprint density at radius 2 is 2.17 bits per heavy atom. The van der Waals surface area contributed by atoms with Gasteiger partial charge in [-0.2, -0.15) is 11.8 Å². The van der Waals surface area contributed by atoms with Crippen molar-refractivity contribution in [1.82, 2.24) is 10.2 Å². The monoisotopic (exact) mass is 270 g/mol. The first-order valence-electron chi connectivity index (χ1n) is 7.67. The fourth-order valence-corrected chi connectivity index (χ4v) is 4.30. The highest BCUT2D eigenvalue weighted by Gasteiger charge is 2.35. The van der Waals surface area contributed by atoms with Gasteiger partial charge in [-0.3, -0.25) is 4.90 Å². The molecule has 1 saturated heterocycles. The Morgan fingerprint density at radius 3 is 2.78 bits per heavy atom. The van der Waals surface area contributed by atoms with E-state index in [2.05, 4.69) is 49.0 Å². The van der Waals surface area contributed by atoms with Gasteiger partial charge >= 0.3 is 0 Å². The zero-order chi connectivity index (χ0) is 13.1. The molecule has 1 heterocycles. The molecule has 2 aliphatic rings. The third-order valence-electron chi connectivity index (χ3n) is 5.14. The van der Waals surface area contributed by atoms with Crippen LogP contribution in [-0.4, -0.2) is 47.6 Å². The summed E-state index contributed by atoms with van der Waals surface area (Å²) in [7, 11) is 0. The number of nitrogens with zero attached hydrogens (tertiary/aromatic N) is 1. The van der Waals surface area contributed by atoms with Crippen LogP contribution in [0.4, 0.5) is 0 Å². The molecule has 5 atom stereocenters. The minimum atomic E-state index is 0.708. The Morgan fingerprint density at radius 1 is 1.39 bits per heavy atom. The molecule has 0 spiro atoms. The van der Waals surface area contributed by atoms with E-state index < -0.39 is 0 Å². The van der Waals surface area contributed by atoms with Crippen LogP contribution in [0.3, 0.4) is 0 Å². The first kappa shape index (κ1) is 14.7. The predicted molar refractivity (Wildman–Crippen MR) is 82.4 cm³/mol. The molecule has 0 aromatic heterocycles. The van der Waals surface area contributed by atoms with Crippen LogP contribution >= 0.6 is 11.8 Å². The van der Waals surface area contributed by atoms with E-state index >= 15 is 0 Å². The van der Waals surface area contributed by atoms with Gasteiger partial charge in [-0.25, -0.2) is 0 Å². The fraction of sp³-hybridized carbons (Fsp3) is 1.00. The van der Waals surface area contributed by atoms with Crippen LogP contribution in [0.15, 0.2) is 0 Å². The lowest BCUT2D eigenvalue weighted by molar-refractivity contribution is 0.0774. The number of piperazine rings is 1. The summed E-state index contributed by atoms with van der Waals surface area (Å²) < 4.78 is 0. The molecule has 0 bridgehead atoms. The van der Waals surface area contributed by atoms with Gasteiger partial charge in [-0.15, -0.1) is 0 Å². The summed E-state index contributed by atoms with van der Waals surface area (Å²) in [5.41, 5.74) is 0. The average Bonchev–Trinajstić information content (AvgIpc) is 2.87. The van der Waals surface area contributed by atoms with Crippen molar-refractivity contribution in [3.8, 4) is 0 Å². The molecule has 0 aromatic rings. The van der Waals surface area contributed by atoms with Crippen LogP contribution in [0, 0.1) is 5.92 Å².